The number of carbonyl (C=O) groups excluding carboxylic acids is 2. The molecule has 0 saturated heterocycles. The minimum Gasteiger partial charge on any atom is -0.358 e. The first kappa shape index (κ1) is 15.3. The van der Waals surface area contributed by atoms with Crippen molar-refractivity contribution in [3.05, 3.63) is 35.5 Å². The fraction of sp³-hybridized carbons (Fsp3) is 0.375. The zero-order valence-electron chi connectivity index (χ0n) is 12.7. The maximum Gasteiger partial charge on any atom is 0.292 e. The van der Waals surface area contributed by atoms with Crippen molar-refractivity contribution >= 4 is 22.6 Å². The number of aromatic amines is 1. The molecule has 2 aromatic rings. The van der Waals surface area contributed by atoms with Crippen molar-refractivity contribution in [3.8, 4) is 0 Å². The van der Waals surface area contributed by atoms with Crippen molar-refractivity contribution in [2.24, 2.45) is 0 Å². The Labute approximate surface area is 124 Å². The van der Waals surface area contributed by atoms with Gasteiger partial charge in [0, 0.05) is 23.1 Å². The Morgan fingerprint density at radius 2 is 1.95 bits per heavy atom. The summed E-state index contributed by atoms with van der Waals surface area (Å²) in [7, 11) is 3.95. The summed E-state index contributed by atoms with van der Waals surface area (Å²) in [5, 5.41) is 3.48. The van der Waals surface area contributed by atoms with Gasteiger partial charge in [-0.1, -0.05) is 18.2 Å². The first-order chi connectivity index (χ1) is 10.0. The summed E-state index contributed by atoms with van der Waals surface area (Å²) in [6.07, 6.45) is 0.818. The van der Waals surface area contributed by atoms with Crippen LogP contribution in [0.15, 0.2) is 24.3 Å². The van der Waals surface area contributed by atoms with Crippen LogP contribution >= 0.6 is 0 Å². The average molecular weight is 287 g/mol. The molecule has 0 saturated carbocycles. The van der Waals surface area contributed by atoms with Gasteiger partial charge < -0.3 is 15.2 Å². The minimum atomic E-state index is -0.540. The maximum atomic E-state index is 12.3. The van der Waals surface area contributed by atoms with Crippen LogP contribution in [0, 0.1) is 6.92 Å². The molecule has 1 heterocycles. The van der Waals surface area contributed by atoms with E-state index in [9.17, 15) is 9.59 Å². The Morgan fingerprint density at radius 3 is 2.67 bits per heavy atom. The normalized spacial score (nSPS) is 11.0. The summed E-state index contributed by atoms with van der Waals surface area (Å²) in [6.45, 7) is 3.19. The van der Waals surface area contributed by atoms with Crippen LogP contribution in [0.3, 0.4) is 0 Å². The second kappa shape index (κ2) is 6.54. The van der Waals surface area contributed by atoms with Crippen LogP contribution < -0.4 is 5.32 Å². The molecule has 5 nitrogen and oxygen atoms in total. The lowest BCUT2D eigenvalue weighted by molar-refractivity contribution is -0.117. The fourth-order valence-corrected chi connectivity index (χ4v) is 2.36. The number of fused-ring (bicyclic) bond motifs is 1. The van der Waals surface area contributed by atoms with E-state index in [0.717, 1.165) is 29.6 Å². The molecule has 0 unspecified atom stereocenters. The predicted molar refractivity (Wildman–Crippen MR) is 83.5 cm³/mol. The van der Waals surface area contributed by atoms with Crippen molar-refractivity contribution in [1.29, 1.82) is 0 Å². The van der Waals surface area contributed by atoms with Crippen LogP contribution in [0.1, 0.15) is 22.5 Å². The number of rotatable bonds is 6. The molecule has 2 rings (SSSR count). The molecule has 0 radical (unpaired) electrons. The van der Waals surface area contributed by atoms with Gasteiger partial charge in [-0.25, -0.2) is 0 Å². The molecular formula is C16H21N3O2. The van der Waals surface area contributed by atoms with E-state index in [0.29, 0.717) is 12.1 Å². The van der Waals surface area contributed by atoms with Gasteiger partial charge in [0.15, 0.2) is 0 Å². The Morgan fingerprint density at radius 1 is 1.24 bits per heavy atom. The second-order valence-corrected chi connectivity index (χ2v) is 5.41. The number of carbonyl (C=O) groups is 2. The van der Waals surface area contributed by atoms with Gasteiger partial charge in [-0.05, 0) is 40.1 Å². The van der Waals surface area contributed by atoms with E-state index in [-0.39, 0.29) is 0 Å². The predicted octanol–water partition coefficient (Wildman–Crippen LogP) is 1.73. The van der Waals surface area contributed by atoms with Crippen molar-refractivity contribution in [2.75, 3.05) is 27.2 Å². The van der Waals surface area contributed by atoms with E-state index in [1.807, 2.05) is 50.2 Å². The highest BCUT2D eigenvalue weighted by Gasteiger charge is 2.21. The number of aromatic nitrogens is 1. The van der Waals surface area contributed by atoms with Crippen molar-refractivity contribution < 1.29 is 9.59 Å². The quantitative estimate of drug-likeness (QED) is 0.483. The third-order valence-electron chi connectivity index (χ3n) is 3.39. The Hall–Kier alpha value is -2.14. The first-order valence-electron chi connectivity index (χ1n) is 7.05. The Kier molecular flexibility index (Phi) is 4.75. The smallest absolute Gasteiger partial charge is 0.292 e. The van der Waals surface area contributed by atoms with E-state index in [2.05, 4.69) is 10.3 Å². The number of Topliss-reactive ketones (excluding diaryl/α,β-unsaturated/α-hetero) is 1. The zero-order valence-corrected chi connectivity index (χ0v) is 12.7. The number of para-hydroxylation sites is 1. The molecule has 0 fully saturated rings. The van der Waals surface area contributed by atoms with Crippen LogP contribution in [0.5, 0.6) is 0 Å². The standard InChI is InChI=1S/C16H21N3O2/c1-11-14(12-7-4-5-8-13(12)18-11)15(20)16(21)17-9-6-10-19(2)3/h4-5,7-8,18H,6,9-10H2,1-3H3,(H,17,21). The molecule has 0 bridgehead atoms. The van der Waals surface area contributed by atoms with Crippen molar-refractivity contribution in [1.82, 2.24) is 15.2 Å². The number of nitrogens with zero attached hydrogens (tertiary/aromatic N) is 1. The van der Waals surface area contributed by atoms with Gasteiger partial charge in [0.1, 0.15) is 0 Å². The number of amides is 1. The summed E-state index contributed by atoms with van der Waals surface area (Å²) in [5.41, 5.74) is 2.07. The molecule has 0 spiro atoms. The number of hydrogen-bond acceptors (Lipinski definition) is 3. The van der Waals surface area contributed by atoms with Crippen LogP contribution in [0.25, 0.3) is 10.9 Å². The molecule has 21 heavy (non-hydrogen) atoms. The highest BCUT2D eigenvalue weighted by Crippen LogP contribution is 2.22. The number of ketones is 1. The lowest BCUT2D eigenvalue weighted by Gasteiger charge is -2.09. The molecule has 0 aliphatic heterocycles. The molecule has 1 aromatic heterocycles. The topological polar surface area (TPSA) is 65.2 Å². The summed E-state index contributed by atoms with van der Waals surface area (Å²) >= 11 is 0. The molecule has 0 aliphatic rings. The molecule has 0 atom stereocenters. The highest BCUT2D eigenvalue weighted by molar-refractivity contribution is 6.45. The highest BCUT2D eigenvalue weighted by atomic mass is 16.2. The monoisotopic (exact) mass is 287 g/mol. The van der Waals surface area contributed by atoms with Gasteiger partial charge in [0.05, 0.1) is 5.56 Å². The number of aryl methyl sites for hydroxylation is 1. The van der Waals surface area contributed by atoms with Crippen LogP contribution in [-0.2, 0) is 4.79 Å². The van der Waals surface area contributed by atoms with E-state index in [4.69, 9.17) is 0 Å². The minimum absolute atomic E-state index is 0.468. The number of nitrogens with one attached hydrogen (secondary N) is 2. The van der Waals surface area contributed by atoms with E-state index >= 15 is 0 Å². The van der Waals surface area contributed by atoms with Crippen molar-refractivity contribution in [3.63, 3.8) is 0 Å². The van der Waals surface area contributed by atoms with Gasteiger partial charge in [0.25, 0.3) is 11.7 Å². The number of hydrogen-bond donors (Lipinski definition) is 2. The van der Waals surface area contributed by atoms with Gasteiger partial charge in [-0.3, -0.25) is 9.59 Å². The van der Waals surface area contributed by atoms with Crippen LogP contribution in [0.4, 0.5) is 0 Å². The summed E-state index contributed by atoms with van der Waals surface area (Å²) in [6, 6.07) is 7.51. The zero-order chi connectivity index (χ0) is 15.4. The maximum absolute atomic E-state index is 12.3. The van der Waals surface area contributed by atoms with Gasteiger partial charge >= 0.3 is 0 Å². The Balaban J connectivity index is 2.08. The SMILES string of the molecule is Cc1[nH]c2ccccc2c1C(=O)C(=O)NCCCN(C)C. The van der Waals surface area contributed by atoms with E-state index < -0.39 is 11.7 Å². The molecule has 1 amide bonds. The van der Waals surface area contributed by atoms with E-state index in [1.165, 1.54) is 0 Å². The summed E-state index contributed by atoms with van der Waals surface area (Å²) in [4.78, 5) is 29.5. The fourth-order valence-electron chi connectivity index (χ4n) is 2.36. The average Bonchev–Trinajstić information content (AvgIpc) is 2.78. The largest absolute Gasteiger partial charge is 0.358 e. The molecule has 5 heteroatoms. The molecule has 112 valence electrons. The van der Waals surface area contributed by atoms with Gasteiger partial charge in [0.2, 0.25) is 0 Å². The lowest BCUT2D eigenvalue weighted by Crippen LogP contribution is -2.33. The third kappa shape index (κ3) is 3.49. The summed E-state index contributed by atoms with van der Waals surface area (Å²) < 4.78 is 0. The van der Waals surface area contributed by atoms with Gasteiger partial charge in [-0.15, -0.1) is 0 Å². The third-order valence-corrected chi connectivity index (χ3v) is 3.39. The second-order valence-electron chi connectivity index (χ2n) is 5.41. The number of benzene rings is 1. The Bertz CT molecular complexity index is 659. The first-order valence-corrected chi connectivity index (χ1v) is 7.05. The number of H-pyrrole nitrogens is 1. The lowest BCUT2D eigenvalue weighted by atomic mass is 10.1. The van der Waals surface area contributed by atoms with Gasteiger partial charge in [-0.2, -0.15) is 0 Å². The molecular weight excluding hydrogens is 266 g/mol. The van der Waals surface area contributed by atoms with E-state index in [1.54, 1.807) is 0 Å². The van der Waals surface area contributed by atoms with Crippen molar-refractivity contribution in [2.45, 2.75) is 13.3 Å². The molecule has 0 aliphatic carbocycles. The van der Waals surface area contributed by atoms with Crippen LogP contribution in [0.2, 0.25) is 0 Å². The molecule has 2 N–H and O–H groups in total. The summed E-state index contributed by atoms with van der Waals surface area (Å²) in [5.74, 6) is -1.02. The van der Waals surface area contributed by atoms with Crippen LogP contribution in [-0.4, -0.2) is 48.8 Å². The molecule has 1 aromatic carbocycles.